The molecular weight excluding hydrogens is 358 g/mol. The molecule has 0 aliphatic rings. The number of nitrogens with zero attached hydrogens (tertiary/aromatic N) is 2. The van der Waals surface area contributed by atoms with E-state index in [-0.39, 0.29) is 24.4 Å². The minimum Gasteiger partial charge on any atom is -0.341 e. The van der Waals surface area contributed by atoms with Gasteiger partial charge in [-0.25, -0.2) is 0 Å². The van der Waals surface area contributed by atoms with Crippen LogP contribution >= 0.6 is 12.2 Å². The maximum Gasteiger partial charge on any atom is 0.262 e. The fourth-order valence-electron chi connectivity index (χ4n) is 3.17. The average Bonchev–Trinajstić information content (AvgIpc) is 2.63. The molecule has 0 unspecified atom stereocenters. The molecule has 1 N–H and O–H groups in total. The van der Waals surface area contributed by atoms with Gasteiger partial charge in [-0.05, 0) is 49.3 Å². The van der Waals surface area contributed by atoms with Gasteiger partial charge in [0.05, 0.1) is 10.9 Å². The van der Waals surface area contributed by atoms with Crippen LogP contribution in [-0.4, -0.2) is 27.4 Å². The number of fused-ring (bicyclic) bond motifs is 1. The zero-order valence-corrected chi connectivity index (χ0v) is 16.6. The summed E-state index contributed by atoms with van der Waals surface area (Å²) >= 11 is 5.30. The van der Waals surface area contributed by atoms with Crippen molar-refractivity contribution in [2.24, 2.45) is 0 Å². The summed E-state index contributed by atoms with van der Waals surface area (Å²) in [4.78, 5) is 30.0. The quantitative estimate of drug-likeness (QED) is 0.685. The summed E-state index contributed by atoms with van der Waals surface area (Å²) in [6.07, 6.45) is 0.219. The van der Waals surface area contributed by atoms with Crippen LogP contribution in [0.15, 0.2) is 47.3 Å². The number of H-pyrrole nitrogens is 1. The molecule has 0 spiro atoms. The van der Waals surface area contributed by atoms with E-state index in [1.807, 2.05) is 18.2 Å². The Kier molecular flexibility index (Phi) is 5.56. The van der Waals surface area contributed by atoms with Crippen LogP contribution in [0.5, 0.6) is 0 Å². The predicted octanol–water partition coefficient (Wildman–Crippen LogP) is 3.72. The summed E-state index contributed by atoms with van der Waals surface area (Å²) in [7, 11) is 1.78. The third kappa shape index (κ3) is 4.17. The van der Waals surface area contributed by atoms with E-state index in [1.165, 1.54) is 15.7 Å². The van der Waals surface area contributed by atoms with Crippen LogP contribution in [-0.2, 0) is 17.9 Å². The second kappa shape index (κ2) is 7.88. The van der Waals surface area contributed by atoms with Crippen LogP contribution in [0.25, 0.3) is 10.9 Å². The molecule has 5 nitrogen and oxygen atoms in total. The molecule has 0 radical (unpaired) electrons. The number of rotatable bonds is 5. The number of para-hydroxylation sites is 1. The monoisotopic (exact) mass is 381 g/mol. The van der Waals surface area contributed by atoms with Gasteiger partial charge in [0.1, 0.15) is 0 Å². The van der Waals surface area contributed by atoms with E-state index in [1.54, 1.807) is 18.0 Å². The third-order valence-electron chi connectivity index (χ3n) is 4.77. The van der Waals surface area contributed by atoms with Crippen molar-refractivity contribution in [1.29, 1.82) is 0 Å². The Labute approximate surface area is 163 Å². The van der Waals surface area contributed by atoms with E-state index in [4.69, 9.17) is 12.2 Å². The number of aryl methyl sites for hydroxylation is 2. The van der Waals surface area contributed by atoms with E-state index >= 15 is 0 Å². The predicted molar refractivity (Wildman–Crippen MR) is 110 cm³/mol. The fourth-order valence-corrected chi connectivity index (χ4v) is 3.45. The van der Waals surface area contributed by atoms with Crippen molar-refractivity contribution >= 4 is 29.0 Å². The zero-order valence-electron chi connectivity index (χ0n) is 15.8. The minimum absolute atomic E-state index is 0.0237. The van der Waals surface area contributed by atoms with Gasteiger partial charge >= 0.3 is 0 Å². The first-order chi connectivity index (χ1) is 12.9. The van der Waals surface area contributed by atoms with Crippen molar-refractivity contribution in [2.75, 3.05) is 7.05 Å². The number of hydrogen-bond acceptors (Lipinski definition) is 3. The summed E-state index contributed by atoms with van der Waals surface area (Å²) in [5, 5.41) is 0.571. The number of amides is 1. The van der Waals surface area contributed by atoms with Crippen LogP contribution in [0.3, 0.4) is 0 Å². The van der Waals surface area contributed by atoms with Gasteiger partial charge in [-0.1, -0.05) is 35.9 Å². The van der Waals surface area contributed by atoms with Crippen LogP contribution in [0.1, 0.15) is 23.1 Å². The maximum absolute atomic E-state index is 12.7. The molecule has 3 aromatic rings. The number of aromatic amines is 1. The van der Waals surface area contributed by atoms with Crippen molar-refractivity contribution in [3.05, 3.63) is 74.3 Å². The van der Waals surface area contributed by atoms with Gasteiger partial charge in [0.15, 0.2) is 4.77 Å². The summed E-state index contributed by atoms with van der Waals surface area (Å²) in [5.74, 6) is -0.0237. The van der Waals surface area contributed by atoms with E-state index < -0.39 is 0 Å². The van der Waals surface area contributed by atoms with Crippen molar-refractivity contribution in [2.45, 2.75) is 33.4 Å². The van der Waals surface area contributed by atoms with Crippen LogP contribution < -0.4 is 5.56 Å². The summed E-state index contributed by atoms with van der Waals surface area (Å²) in [6.45, 7) is 4.91. The van der Waals surface area contributed by atoms with Gasteiger partial charge in [0.2, 0.25) is 5.91 Å². The highest BCUT2D eigenvalue weighted by Crippen LogP contribution is 2.13. The Balaban J connectivity index is 1.73. The lowest BCUT2D eigenvalue weighted by Crippen LogP contribution is -2.30. The van der Waals surface area contributed by atoms with E-state index in [0.29, 0.717) is 22.2 Å². The number of aromatic nitrogens is 2. The Morgan fingerprint density at radius 3 is 2.67 bits per heavy atom. The molecule has 1 amide bonds. The molecule has 27 heavy (non-hydrogen) atoms. The third-order valence-corrected chi connectivity index (χ3v) is 5.09. The molecule has 1 heterocycles. The molecule has 3 rings (SSSR count). The molecule has 0 fully saturated rings. The van der Waals surface area contributed by atoms with Crippen LogP contribution in [0.4, 0.5) is 0 Å². The average molecular weight is 382 g/mol. The van der Waals surface area contributed by atoms with Gasteiger partial charge in [0, 0.05) is 26.6 Å². The molecule has 6 heteroatoms. The SMILES string of the molecule is Cc1ccc(CN(C)C(=O)CCn2c(=S)[nH]c3ccccc3c2=O)c(C)c1. The molecular formula is C21H23N3O2S. The van der Waals surface area contributed by atoms with Crippen molar-refractivity contribution in [3.63, 3.8) is 0 Å². The second-order valence-corrected chi connectivity index (χ2v) is 7.25. The highest BCUT2D eigenvalue weighted by atomic mass is 32.1. The smallest absolute Gasteiger partial charge is 0.262 e. The molecule has 2 aromatic carbocycles. The molecule has 140 valence electrons. The largest absolute Gasteiger partial charge is 0.341 e. The van der Waals surface area contributed by atoms with Gasteiger partial charge in [-0.2, -0.15) is 0 Å². The maximum atomic E-state index is 12.7. The number of carbonyl (C=O) groups excluding carboxylic acids is 1. The van der Waals surface area contributed by atoms with Gasteiger partial charge in [-0.3, -0.25) is 14.2 Å². The minimum atomic E-state index is -0.167. The van der Waals surface area contributed by atoms with Crippen LogP contribution in [0.2, 0.25) is 0 Å². The molecule has 0 saturated heterocycles. The summed E-state index contributed by atoms with van der Waals surface area (Å²) < 4.78 is 1.80. The number of benzene rings is 2. The highest BCUT2D eigenvalue weighted by Gasteiger charge is 2.12. The van der Waals surface area contributed by atoms with Gasteiger partial charge in [-0.15, -0.1) is 0 Å². The first-order valence-electron chi connectivity index (χ1n) is 8.89. The highest BCUT2D eigenvalue weighted by molar-refractivity contribution is 7.71. The first kappa shape index (κ1) is 19.0. The Bertz CT molecular complexity index is 1110. The topological polar surface area (TPSA) is 58.1 Å². The molecule has 0 saturated carbocycles. The molecule has 0 atom stereocenters. The lowest BCUT2D eigenvalue weighted by atomic mass is 10.1. The number of carbonyl (C=O) groups is 1. The number of hydrogen-bond donors (Lipinski definition) is 1. The number of nitrogens with one attached hydrogen (secondary N) is 1. The van der Waals surface area contributed by atoms with Crippen molar-refractivity contribution < 1.29 is 4.79 Å². The normalized spacial score (nSPS) is 10.9. The fraction of sp³-hybridized carbons (Fsp3) is 0.286. The van der Waals surface area contributed by atoms with E-state index in [0.717, 1.165) is 5.56 Å². The molecule has 1 aromatic heterocycles. The standard InChI is InChI=1S/C21H23N3O2S/c1-14-8-9-16(15(2)12-14)13-23(3)19(25)10-11-24-20(26)17-6-4-5-7-18(17)22-21(24)27/h4-9,12H,10-11,13H2,1-3H3,(H,22,27). The summed E-state index contributed by atoms with van der Waals surface area (Å²) in [5.41, 5.74) is 4.04. The van der Waals surface area contributed by atoms with Gasteiger partial charge in [0.25, 0.3) is 5.56 Å². The lowest BCUT2D eigenvalue weighted by molar-refractivity contribution is -0.130. The Morgan fingerprint density at radius 1 is 1.19 bits per heavy atom. The summed E-state index contributed by atoms with van der Waals surface area (Å²) in [6, 6.07) is 13.5. The lowest BCUT2D eigenvalue weighted by Gasteiger charge is -2.19. The van der Waals surface area contributed by atoms with Crippen LogP contribution in [0, 0.1) is 18.6 Å². The van der Waals surface area contributed by atoms with Crippen molar-refractivity contribution in [3.8, 4) is 0 Å². The molecule has 0 aliphatic carbocycles. The van der Waals surface area contributed by atoms with Gasteiger partial charge < -0.3 is 9.88 Å². The Hall–Kier alpha value is -2.73. The second-order valence-electron chi connectivity index (χ2n) is 6.86. The molecule has 0 bridgehead atoms. The molecule has 0 aliphatic heterocycles. The van der Waals surface area contributed by atoms with E-state index in [9.17, 15) is 9.59 Å². The van der Waals surface area contributed by atoms with E-state index in [2.05, 4.69) is 37.0 Å². The Morgan fingerprint density at radius 2 is 1.93 bits per heavy atom. The van der Waals surface area contributed by atoms with Crippen molar-refractivity contribution in [1.82, 2.24) is 14.5 Å². The zero-order chi connectivity index (χ0) is 19.6. The first-order valence-corrected chi connectivity index (χ1v) is 9.29.